The van der Waals surface area contributed by atoms with Crippen LogP contribution in [0.25, 0.3) is 11.3 Å². The van der Waals surface area contributed by atoms with Crippen LogP contribution in [0.1, 0.15) is 25.5 Å². The molecule has 27 heavy (non-hydrogen) atoms. The maximum Gasteiger partial charge on any atom is 0.222 e. The predicted octanol–water partition coefficient (Wildman–Crippen LogP) is 3.51. The molecule has 0 aliphatic rings. The van der Waals surface area contributed by atoms with Gasteiger partial charge in [-0.25, -0.2) is 4.98 Å². The van der Waals surface area contributed by atoms with Gasteiger partial charge in [0.1, 0.15) is 18.1 Å². The second kappa shape index (κ2) is 8.88. The summed E-state index contributed by atoms with van der Waals surface area (Å²) in [6.45, 7) is 3.14. The number of hydrogen-bond donors (Lipinski definition) is 2. The predicted molar refractivity (Wildman–Crippen MR) is 103 cm³/mol. The molecule has 142 valence electrons. The van der Waals surface area contributed by atoms with Gasteiger partial charge in [-0.05, 0) is 30.7 Å². The first-order valence-electron chi connectivity index (χ1n) is 8.78. The van der Waals surface area contributed by atoms with E-state index in [9.17, 15) is 0 Å². The van der Waals surface area contributed by atoms with Crippen LogP contribution in [0.2, 0.25) is 0 Å². The van der Waals surface area contributed by atoms with E-state index in [4.69, 9.17) is 19.7 Å². The Morgan fingerprint density at radius 3 is 2.78 bits per heavy atom. The first-order valence-corrected chi connectivity index (χ1v) is 8.78. The third kappa shape index (κ3) is 4.87. The fourth-order valence-electron chi connectivity index (χ4n) is 2.42. The van der Waals surface area contributed by atoms with Gasteiger partial charge in [0.25, 0.3) is 0 Å². The standard InChI is InChI=1S/C19H23N5O3/c1-3-4-9-21-18-17(11-22-19(20)23-18)26-12-14-10-16(27-24-14)13-5-7-15(25-2)8-6-13/h5-8,10-11H,3-4,9,12H2,1-2H3,(H3,20,21,22,23). The number of hydrogen-bond acceptors (Lipinski definition) is 8. The highest BCUT2D eigenvalue weighted by Crippen LogP contribution is 2.25. The van der Waals surface area contributed by atoms with Crippen molar-refractivity contribution in [3.63, 3.8) is 0 Å². The number of nitrogens with zero attached hydrogens (tertiary/aromatic N) is 3. The number of nitrogens with one attached hydrogen (secondary N) is 1. The zero-order chi connectivity index (χ0) is 19.1. The van der Waals surface area contributed by atoms with Crippen molar-refractivity contribution in [1.29, 1.82) is 0 Å². The van der Waals surface area contributed by atoms with E-state index in [0.717, 1.165) is 30.7 Å². The van der Waals surface area contributed by atoms with E-state index in [1.165, 1.54) is 0 Å². The van der Waals surface area contributed by atoms with Crippen molar-refractivity contribution in [2.45, 2.75) is 26.4 Å². The Labute approximate surface area is 157 Å². The minimum Gasteiger partial charge on any atom is -0.497 e. The average molecular weight is 369 g/mol. The van der Waals surface area contributed by atoms with Gasteiger partial charge >= 0.3 is 0 Å². The number of ether oxygens (including phenoxy) is 2. The minimum atomic E-state index is 0.199. The van der Waals surface area contributed by atoms with Crippen molar-refractivity contribution in [3.05, 3.63) is 42.2 Å². The summed E-state index contributed by atoms with van der Waals surface area (Å²) in [4.78, 5) is 8.20. The number of rotatable bonds is 9. The molecular weight excluding hydrogens is 346 g/mol. The van der Waals surface area contributed by atoms with Gasteiger partial charge < -0.3 is 25.0 Å². The lowest BCUT2D eigenvalue weighted by Gasteiger charge is -2.11. The highest BCUT2D eigenvalue weighted by atomic mass is 16.5. The summed E-state index contributed by atoms with van der Waals surface area (Å²) < 4.78 is 16.4. The second-order valence-corrected chi connectivity index (χ2v) is 5.92. The molecule has 0 atom stereocenters. The molecule has 0 radical (unpaired) electrons. The van der Waals surface area contributed by atoms with E-state index in [0.29, 0.717) is 23.0 Å². The first kappa shape index (κ1) is 18.5. The molecule has 3 aromatic rings. The zero-order valence-electron chi connectivity index (χ0n) is 15.4. The monoisotopic (exact) mass is 369 g/mol. The SMILES string of the molecule is CCCCNc1nc(N)ncc1OCc1cc(-c2ccc(OC)cc2)on1. The summed E-state index contributed by atoms with van der Waals surface area (Å²) in [5, 5.41) is 7.28. The maximum absolute atomic E-state index is 5.81. The highest BCUT2D eigenvalue weighted by molar-refractivity contribution is 5.58. The van der Waals surface area contributed by atoms with E-state index in [1.807, 2.05) is 30.3 Å². The van der Waals surface area contributed by atoms with Gasteiger partial charge in [-0.15, -0.1) is 0 Å². The number of unbranched alkanes of at least 4 members (excludes halogenated alkanes) is 1. The van der Waals surface area contributed by atoms with E-state index in [1.54, 1.807) is 13.3 Å². The van der Waals surface area contributed by atoms with Crippen LogP contribution in [0.3, 0.4) is 0 Å². The summed E-state index contributed by atoms with van der Waals surface area (Å²) in [5.41, 5.74) is 7.25. The molecule has 0 fully saturated rings. The Bertz CT molecular complexity index is 864. The third-order valence-corrected chi connectivity index (χ3v) is 3.91. The molecule has 0 amide bonds. The summed E-state index contributed by atoms with van der Waals surface area (Å²) in [7, 11) is 1.63. The van der Waals surface area contributed by atoms with Gasteiger partial charge in [0.2, 0.25) is 5.95 Å². The Morgan fingerprint density at radius 2 is 2.04 bits per heavy atom. The first-order chi connectivity index (χ1) is 13.2. The Morgan fingerprint density at radius 1 is 1.22 bits per heavy atom. The number of nitrogen functional groups attached to an aromatic ring is 1. The van der Waals surface area contributed by atoms with Gasteiger partial charge in [-0.3, -0.25) is 0 Å². The molecule has 0 unspecified atom stereocenters. The minimum absolute atomic E-state index is 0.199. The molecule has 3 rings (SSSR count). The summed E-state index contributed by atoms with van der Waals surface area (Å²) in [6.07, 6.45) is 3.66. The van der Waals surface area contributed by atoms with Gasteiger partial charge in [0.05, 0.1) is 13.3 Å². The Hall–Kier alpha value is -3.29. The van der Waals surface area contributed by atoms with Crippen molar-refractivity contribution >= 4 is 11.8 Å². The van der Waals surface area contributed by atoms with Crippen LogP contribution in [0.15, 0.2) is 41.1 Å². The lowest BCUT2D eigenvalue weighted by Crippen LogP contribution is -2.08. The zero-order valence-corrected chi connectivity index (χ0v) is 15.4. The quantitative estimate of drug-likeness (QED) is 0.552. The summed E-state index contributed by atoms with van der Waals surface area (Å²) in [5.74, 6) is 2.74. The lowest BCUT2D eigenvalue weighted by atomic mass is 10.1. The topological polar surface area (TPSA) is 108 Å². The van der Waals surface area contributed by atoms with Crippen molar-refractivity contribution in [2.75, 3.05) is 24.7 Å². The fourth-order valence-corrected chi connectivity index (χ4v) is 2.42. The van der Waals surface area contributed by atoms with Crippen LogP contribution in [-0.4, -0.2) is 28.8 Å². The highest BCUT2D eigenvalue weighted by Gasteiger charge is 2.11. The normalized spacial score (nSPS) is 10.6. The van der Waals surface area contributed by atoms with Crippen LogP contribution in [-0.2, 0) is 6.61 Å². The molecular formula is C19H23N5O3. The number of anilines is 2. The van der Waals surface area contributed by atoms with Crippen molar-refractivity contribution in [1.82, 2.24) is 15.1 Å². The van der Waals surface area contributed by atoms with Crippen LogP contribution in [0.4, 0.5) is 11.8 Å². The van der Waals surface area contributed by atoms with Crippen molar-refractivity contribution in [2.24, 2.45) is 0 Å². The molecule has 8 nitrogen and oxygen atoms in total. The molecule has 2 heterocycles. The smallest absolute Gasteiger partial charge is 0.222 e. The number of nitrogens with two attached hydrogens (primary N) is 1. The molecule has 0 aliphatic heterocycles. The van der Waals surface area contributed by atoms with E-state index >= 15 is 0 Å². The molecule has 0 bridgehead atoms. The molecule has 2 aromatic heterocycles. The van der Waals surface area contributed by atoms with Crippen LogP contribution in [0.5, 0.6) is 11.5 Å². The van der Waals surface area contributed by atoms with E-state index in [-0.39, 0.29) is 12.6 Å². The van der Waals surface area contributed by atoms with E-state index < -0.39 is 0 Å². The number of aromatic nitrogens is 3. The molecule has 0 saturated heterocycles. The van der Waals surface area contributed by atoms with Gasteiger partial charge in [0, 0.05) is 18.2 Å². The van der Waals surface area contributed by atoms with Crippen LogP contribution in [0, 0.1) is 0 Å². The Kier molecular flexibility index (Phi) is 6.09. The second-order valence-electron chi connectivity index (χ2n) is 5.92. The lowest BCUT2D eigenvalue weighted by molar-refractivity contribution is 0.289. The van der Waals surface area contributed by atoms with Gasteiger partial charge in [0.15, 0.2) is 17.3 Å². The van der Waals surface area contributed by atoms with Crippen molar-refractivity contribution < 1.29 is 14.0 Å². The third-order valence-electron chi connectivity index (χ3n) is 3.91. The van der Waals surface area contributed by atoms with Crippen molar-refractivity contribution in [3.8, 4) is 22.8 Å². The molecule has 0 spiro atoms. The maximum atomic E-state index is 5.81. The summed E-state index contributed by atoms with van der Waals surface area (Å²) in [6, 6.07) is 9.40. The Balaban J connectivity index is 1.66. The van der Waals surface area contributed by atoms with Crippen LogP contribution < -0.4 is 20.5 Å². The largest absolute Gasteiger partial charge is 0.497 e. The van der Waals surface area contributed by atoms with Gasteiger partial charge in [-0.1, -0.05) is 18.5 Å². The van der Waals surface area contributed by atoms with Crippen LogP contribution >= 0.6 is 0 Å². The molecule has 0 saturated carbocycles. The molecule has 3 N–H and O–H groups in total. The number of methoxy groups -OCH3 is 1. The molecule has 8 heteroatoms. The molecule has 0 aliphatic carbocycles. The average Bonchev–Trinajstić information content (AvgIpc) is 3.17. The number of benzene rings is 1. The molecule has 1 aromatic carbocycles. The van der Waals surface area contributed by atoms with E-state index in [2.05, 4.69) is 27.4 Å². The summed E-state index contributed by atoms with van der Waals surface area (Å²) >= 11 is 0. The van der Waals surface area contributed by atoms with Gasteiger partial charge in [-0.2, -0.15) is 4.98 Å². The fraction of sp³-hybridized carbons (Fsp3) is 0.316.